The molecule has 1 heterocycles. The summed E-state index contributed by atoms with van der Waals surface area (Å²) in [6.07, 6.45) is -7.22. The maximum atomic E-state index is 13.1. The van der Waals surface area contributed by atoms with Crippen LogP contribution < -0.4 is 0 Å². The summed E-state index contributed by atoms with van der Waals surface area (Å²) in [6, 6.07) is 7.06. The molecule has 30 heavy (non-hydrogen) atoms. The molecule has 160 valence electrons. The zero-order valence-electron chi connectivity index (χ0n) is 15.7. The molecule has 2 aromatic rings. The average molecular weight is 418 g/mol. The Balaban J connectivity index is 1.96. The number of aliphatic hydroxyl groups is 5. The first-order valence-electron chi connectivity index (χ1n) is 9.43. The number of aromatic hydroxyl groups is 2. The fraction of sp³-hybridized carbons (Fsp3) is 0.381. The Morgan fingerprint density at radius 3 is 2.23 bits per heavy atom. The second-order valence-corrected chi connectivity index (χ2v) is 7.58. The lowest BCUT2D eigenvalue weighted by molar-refractivity contribution is -0.232. The summed E-state index contributed by atoms with van der Waals surface area (Å²) in [7, 11) is 0. The predicted octanol–water partition coefficient (Wildman–Crippen LogP) is -0.891. The van der Waals surface area contributed by atoms with Crippen molar-refractivity contribution in [2.24, 2.45) is 0 Å². The number of benzene rings is 2. The summed E-state index contributed by atoms with van der Waals surface area (Å²) in [6.45, 7) is -1.06. The van der Waals surface area contributed by atoms with Gasteiger partial charge in [0.25, 0.3) is 0 Å². The van der Waals surface area contributed by atoms with Crippen molar-refractivity contribution >= 4 is 5.78 Å². The van der Waals surface area contributed by atoms with Crippen molar-refractivity contribution in [2.75, 3.05) is 6.61 Å². The molecule has 9 nitrogen and oxygen atoms in total. The van der Waals surface area contributed by atoms with Crippen LogP contribution in [-0.2, 0) is 11.3 Å². The van der Waals surface area contributed by atoms with Crippen LogP contribution in [0.4, 0.5) is 0 Å². The van der Waals surface area contributed by atoms with Gasteiger partial charge in [0.2, 0.25) is 5.78 Å². The molecule has 6 atom stereocenters. The topological polar surface area (TPSA) is 168 Å². The fourth-order valence-electron chi connectivity index (χ4n) is 4.41. The number of ether oxygens (including phenoxy) is 1. The molecule has 2 aliphatic rings. The minimum absolute atomic E-state index is 0.0843. The van der Waals surface area contributed by atoms with Crippen molar-refractivity contribution in [1.29, 1.82) is 0 Å². The minimum Gasteiger partial charge on any atom is -0.507 e. The number of ketones is 1. The molecule has 9 heteroatoms. The Bertz CT molecular complexity index is 987. The van der Waals surface area contributed by atoms with E-state index in [0.717, 1.165) is 0 Å². The molecule has 0 radical (unpaired) electrons. The molecule has 0 spiro atoms. The van der Waals surface area contributed by atoms with Crippen LogP contribution in [0.15, 0.2) is 30.3 Å². The third kappa shape index (κ3) is 2.99. The molecular formula is C21H22O9. The Labute approximate surface area is 171 Å². The van der Waals surface area contributed by atoms with Crippen molar-refractivity contribution in [1.82, 2.24) is 0 Å². The number of hydrogen-bond acceptors (Lipinski definition) is 9. The van der Waals surface area contributed by atoms with E-state index in [9.17, 15) is 40.5 Å². The molecule has 4 rings (SSSR count). The van der Waals surface area contributed by atoms with E-state index in [1.54, 1.807) is 6.07 Å². The first kappa shape index (κ1) is 20.7. The number of hydrogen-bond donors (Lipinski definition) is 7. The molecule has 7 N–H and O–H groups in total. The number of rotatable bonds is 3. The molecule has 2 aromatic carbocycles. The number of aliphatic hydroxyl groups excluding tert-OH is 5. The monoisotopic (exact) mass is 418 g/mol. The highest BCUT2D eigenvalue weighted by Gasteiger charge is 2.50. The van der Waals surface area contributed by atoms with Gasteiger partial charge in [-0.05, 0) is 28.8 Å². The SMILES string of the molecule is O=C1c2c(O)cccc2C([C@@H]2OC(CO)[C@@H](O)[C@@H](O)C2O)c2cc(CO)cc(O)c21. The quantitative estimate of drug-likeness (QED) is 0.334. The van der Waals surface area contributed by atoms with Gasteiger partial charge in [-0.3, -0.25) is 4.79 Å². The fourth-order valence-corrected chi connectivity index (χ4v) is 4.41. The Hall–Kier alpha value is -2.53. The highest BCUT2D eigenvalue weighted by atomic mass is 16.5. The van der Waals surface area contributed by atoms with Crippen LogP contribution in [0.5, 0.6) is 11.5 Å². The molecule has 1 aliphatic heterocycles. The Morgan fingerprint density at radius 2 is 1.57 bits per heavy atom. The Kier molecular flexibility index (Phi) is 5.27. The maximum absolute atomic E-state index is 13.1. The minimum atomic E-state index is -1.64. The van der Waals surface area contributed by atoms with Crippen LogP contribution in [0.25, 0.3) is 0 Å². The third-order valence-corrected chi connectivity index (χ3v) is 5.85. The number of phenols is 2. The van der Waals surface area contributed by atoms with Crippen LogP contribution in [-0.4, -0.2) is 78.7 Å². The van der Waals surface area contributed by atoms with Gasteiger partial charge in [0.05, 0.1) is 30.4 Å². The molecular weight excluding hydrogens is 396 g/mol. The first-order valence-corrected chi connectivity index (χ1v) is 9.43. The molecule has 1 saturated heterocycles. The summed E-state index contributed by atoms with van der Waals surface area (Å²) in [5.74, 6) is -2.34. The van der Waals surface area contributed by atoms with Gasteiger partial charge in [-0.2, -0.15) is 0 Å². The van der Waals surface area contributed by atoms with Crippen LogP contribution in [0.3, 0.4) is 0 Å². The van der Waals surface area contributed by atoms with E-state index >= 15 is 0 Å². The second-order valence-electron chi connectivity index (χ2n) is 7.58. The highest BCUT2D eigenvalue weighted by Crippen LogP contribution is 2.47. The largest absolute Gasteiger partial charge is 0.507 e. The third-order valence-electron chi connectivity index (χ3n) is 5.85. The molecule has 0 bridgehead atoms. The molecule has 1 aliphatic carbocycles. The van der Waals surface area contributed by atoms with Crippen molar-refractivity contribution in [3.63, 3.8) is 0 Å². The van der Waals surface area contributed by atoms with Crippen molar-refractivity contribution in [2.45, 2.75) is 43.0 Å². The van der Waals surface area contributed by atoms with Gasteiger partial charge in [-0.25, -0.2) is 0 Å². The summed E-state index contributed by atoms with van der Waals surface area (Å²) in [4.78, 5) is 13.1. The van der Waals surface area contributed by atoms with Crippen molar-refractivity contribution in [3.05, 3.63) is 58.1 Å². The molecule has 0 saturated carbocycles. The van der Waals surface area contributed by atoms with Crippen molar-refractivity contribution in [3.8, 4) is 11.5 Å². The van der Waals surface area contributed by atoms with E-state index < -0.39 is 61.2 Å². The smallest absolute Gasteiger partial charge is 0.201 e. The van der Waals surface area contributed by atoms with E-state index in [2.05, 4.69) is 0 Å². The lowest BCUT2D eigenvalue weighted by atomic mass is 9.71. The van der Waals surface area contributed by atoms with Crippen LogP contribution in [0.2, 0.25) is 0 Å². The summed E-state index contributed by atoms with van der Waals surface area (Å²) >= 11 is 0. The normalized spacial score (nSPS) is 30.6. The molecule has 1 fully saturated rings. The zero-order chi connectivity index (χ0) is 21.7. The van der Waals surface area contributed by atoms with Gasteiger partial charge in [-0.15, -0.1) is 0 Å². The van der Waals surface area contributed by atoms with E-state index in [0.29, 0.717) is 5.56 Å². The lowest BCUT2D eigenvalue weighted by Crippen LogP contribution is -2.60. The van der Waals surface area contributed by atoms with Crippen LogP contribution >= 0.6 is 0 Å². The summed E-state index contributed by atoms with van der Waals surface area (Å²) < 4.78 is 5.73. The van der Waals surface area contributed by atoms with Gasteiger partial charge >= 0.3 is 0 Å². The van der Waals surface area contributed by atoms with Crippen molar-refractivity contribution < 1.29 is 45.3 Å². The number of fused-ring (bicyclic) bond motifs is 2. The summed E-state index contributed by atoms with van der Waals surface area (Å²) in [5.41, 5.74) is 0.609. The Morgan fingerprint density at radius 1 is 0.867 bits per heavy atom. The van der Waals surface area contributed by atoms with Crippen LogP contribution in [0.1, 0.15) is 38.5 Å². The summed E-state index contributed by atoms with van der Waals surface area (Å²) in [5, 5.41) is 71.0. The first-order chi connectivity index (χ1) is 14.3. The van der Waals surface area contributed by atoms with Gasteiger partial charge in [0.15, 0.2) is 0 Å². The van der Waals surface area contributed by atoms with Gasteiger partial charge in [0.1, 0.15) is 35.9 Å². The van der Waals surface area contributed by atoms with E-state index in [1.807, 2.05) is 0 Å². The predicted molar refractivity (Wildman–Crippen MR) is 101 cm³/mol. The lowest BCUT2D eigenvalue weighted by Gasteiger charge is -2.45. The number of carbonyl (C=O) groups is 1. The van der Waals surface area contributed by atoms with Gasteiger partial charge in [-0.1, -0.05) is 18.2 Å². The zero-order valence-corrected chi connectivity index (χ0v) is 15.7. The highest BCUT2D eigenvalue weighted by molar-refractivity contribution is 6.16. The molecule has 0 amide bonds. The van der Waals surface area contributed by atoms with E-state index in [4.69, 9.17) is 4.74 Å². The van der Waals surface area contributed by atoms with Gasteiger partial charge in [0, 0.05) is 5.92 Å². The molecule has 3 unspecified atom stereocenters. The van der Waals surface area contributed by atoms with E-state index in [1.165, 1.54) is 24.3 Å². The number of phenolic OH excluding ortho intramolecular Hbond substituents is 2. The standard InChI is InChI=1S/C21H22O9/c22-6-8-4-10-14(21-20(29)19(28)17(26)13(7-23)30-21)9-2-1-3-11(24)15(9)18(27)16(10)12(25)5-8/h1-5,13-14,17,19-26,28-29H,6-7H2/t13?,14?,17-,19-,20?,21+/m1/s1. The van der Waals surface area contributed by atoms with E-state index in [-0.39, 0.29) is 28.0 Å². The molecule has 0 aromatic heterocycles. The second kappa shape index (κ2) is 7.62. The van der Waals surface area contributed by atoms with Crippen LogP contribution in [0, 0.1) is 0 Å². The number of carbonyl (C=O) groups excluding carboxylic acids is 1. The van der Waals surface area contributed by atoms with Gasteiger partial charge < -0.3 is 40.5 Å². The average Bonchev–Trinajstić information content (AvgIpc) is 2.73. The maximum Gasteiger partial charge on any atom is 0.201 e.